The standard InChI is InChI=1S/C8H12ClNO3/c1-8(2)6(11)10(5-3-4-9)7(12)13-8/h3-5H2,1-2H3. The Morgan fingerprint density at radius 1 is 1.46 bits per heavy atom. The first-order valence-corrected chi connectivity index (χ1v) is 4.63. The van der Waals surface area contributed by atoms with Gasteiger partial charge in [-0.3, -0.25) is 4.79 Å². The Bertz CT molecular complexity index is 240. The van der Waals surface area contributed by atoms with E-state index in [1.165, 1.54) is 0 Å². The van der Waals surface area contributed by atoms with Crippen LogP contribution in [0.25, 0.3) is 0 Å². The number of carbonyl (C=O) groups is 2. The fourth-order valence-electron chi connectivity index (χ4n) is 1.14. The van der Waals surface area contributed by atoms with Crippen LogP contribution in [0.3, 0.4) is 0 Å². The van der Waals surface area contributed by atoms with Crippen LogP contribution < -0.4 is 0 Å². The topological polar surface area (TPSA) is 46.6 Å². The highest BCUT2D eigenvalue weighted by Crippen LogP contribution is 2.23. The van der Waals surface area contributed by atoms with Crippen LogP contribution >= 0.6 is 11.6 Å². The van der Waals surface area contributed by atoms with Crippen molar-refractivity contribution in [2.45, 2.75) is 25.9 Å². The highest BCUT2D eigenvalue weighted by molar-refractivity contribution is 6.17. The van der Waals surface area contributed by atoms with Gasteiger partial charge in [0.1, 0.15) is 0 Å². The van der Waals surface area contributed by atoms with Gasteiger partial charge >= 0.3 is 6.09 Å². The largest absolute Gasteiger partial charge is 0.433 e. The molecule has 74 valence electrons. The van der Waals surface area contributed by atoms with Crippen LogP contribution in [0.5, 0.6) is 0 Å². The lowest BCUT2D eigenvalue weighted by Gasteiger charge is -2.12. The Labute approximate surface area is 81.8 Å². The van der Waals surface area contributed by atoms with Crippen molar-refractivity contribution in [2.75, 3.05) is 12.4 Å². The summed E-state index contributed by atoms with van der Waals surface area (Å²) in [5, 5.41) is 0. The second kappa shape index (κ2) is 3.54. The molecule has 0 N–H and O–H groups in total. The lowest BCUT2D eigenvalue weighted by Crippen LogP contribution is -2.36. The van der Waals surface area contributed by atoms with Crippen molar-refractivity contribution >= 4 is 23.6 Å². The van der Waals surface area contributed by atoms with Gasteiger partial charge in [-0.25, -0.2) is 9.69 Å². The highest BCUT2D eigenvalue weighted by atomic mass is 35.5. The van der Waals surface area contributed by atoms with Gasteiger partial charge in [-0.05, 0) is 20.3 Å². The summed E-state index contributed by atoms with van der Waals surface area (Å²) in [4.78, 5) is 23.7. The zero-order chi connectivity index (χ0) is 10.1. The van der Waals surface area contributed by atoms with Gasteiger partial charge in [0.2, 0.25) is 0 Å². The van der Waals surface area contributed by atoms with Crippen LogP contribution in [0, 0.1) is 0 Å². The number of ether oxygens (including phenoxy) is 1. The van der Waals surface area contributed by atoms with Crippen molar-refractivity contribution in [3.05, 3.63) is 0 Å². The van der Waals surface area contributed by atoms with E-state index in [1.807, 2.05) is 0 Å². The minimum atomic E-state index is -1.01. The molecule has 0 spiro atoms. The zero-order valence-electron chi connectivity index (χ0n) is 7.67. The van der Waals surface area contributed by atoms with Crippen LogP contribution in [0.1, 0.15) is 20.3 Å². The molecular weight excluding hydrogens is 194 g/mol. The molecule has 0 saturated carbocycles. The molecule has 0 bridgehead atoms. The molecule has 0 aromatic rings. The highest BCUT2D eigenvalue weighted by Gasteiger charge is 2.46. The van der Waals surface area contributed by atoms with Gasteiger partial charge in [-0.2, -0.15) is 0 Å². The quantitative estimate of drug-likeness (QED) is 0.654. The summed E-state index contributed by atoms with van der Waals surface area (Å²) in [6, 6.07) is 0. The Kier molecular flexibility index (Phi) is 2.81. The van der Waals surface area contributed by atoms with E-state index < -0.39 is 11.7 Å². The number of halogens is 1. The van der Waals surface area contributed by atoms with E-state index in [1.54, 1.807) is 13.8 Å². The summed E-state index contributed by atoms with van der Waals surface area (Å²) in [6.45, 7) is 3.49. The molecule has 0 aromatic heterocycles. The van der Waals surface area contributed by atoms with E-state index in [9.17, 15) is 9.59 Å². The molecular formula is C8H12ClNO3. The first kappa shape index (κ1) is 10.3. The summed E-state index contributed by atoms with van der Waals surface area (Å²) < 4.78 is 4.86. The predicted octanol–water partition coefficient (Wildman–Crippen LogP) is 1.37. The van der Waals surface area contributed by atoms with Crippen molar-refractivity contribution in [1.82, 2.24) is 4.90 Å². The number of alkyl halides is 1. The lowest BCUT2D eigenvalue weighted by molar-refractivity contribution is -0.134. The predicted molar refractivity (Wildman–Crippen MR) is 47.6 cm³/mol. The van der Waals surface area contributed by atoms with E-state index in [0.717, 1.165) is 4.90 Å². The SMILES string of the molecule is CC1(C)OC(=O)N(CCCCl)C1=O. The van der Waals surface area contributed by atoms with Crippen LogP contribution in [0.4, 0.5) is 4.79 Å². The monoisotopic (exact) mass is 205 g/mol. The lowest BCUT2D eigenvalue weighted by atomic mass is 10.1. The van der Waals surface area contributed by atoms with E-state index in [-0.39, 0.29) is 5.91 Å². The third kappa shape index (κ3) is 1.94. The molecule has 2 amide bonds. The van der Waals surface area contributed by atoms with Gasteiger partial charge in [0, 0.05) is 12.4 Å². The summed E-state index contributed by atoms with van der Waals surface area (Å²) in [5.74, 6) is 0.139. The number of amides is 2. The molecule has 13 heavy (non-hydrogen) atoms. The second-order valence-electron chi connectivity index (χ2n) is 3.38. The van der Waals surface area contributed by atoms with Crippen molar-refractivity contribution < 1.29 is 14.3 Å². The number of cyclic esters (lactones) is 1. The van der Waals surface area contributed by atoms with Gasteiger partial charge in [-0.15, -0.1) is 11.6 Å². The average Bonchev–Trinajstić information content (AvgIpc) is 2.21. The van der Waals surface area contributed by atoms with Gasteiger partial charge < -0.3 is 4.74 Å². The maximum absolute atomic E-state index is 11.5. The molecule has 5 heteroatoms. The molecule has 1 fully saturated rings. The fourth-order valence-corrected chi connectivity index (χ4v) is 1.26. The Morgan fingerprint density at radius 3 is 2.46 bits per heavy atom. The third-order valence-corrected chi connectivity index (χ3v) is 2.11. The van der Waals surface area contributed by atoms with Crippen LogP contribution in [-0.2, 0) is 9.53 Å². The molecule has 4 nitrogen and oxygen atoms in total. The minimum Gasteiger partial charge on any atom is -0.433 e. The summed E-state index contributed by atoms with van der Waals surface area (Å²) in [7, 11) is 0. The fraction of sp³-hybridized carbons (Fsp3) is 0.750. The first-order valence-electron chi connectivity index (χ1n) is 4.10. The Balaban J connectivity index is 2.66. The number of carbonyl (C=O) groups excluding carboxylic acids is 2. The maximum atomic E-state index is 11.5. The molecule has 0 unspecified atom stereocenters. The molecule has 0 radical (unpaired) electrons. The number of rotatable bonds is 3. The van der Waals surface area contributed by atoms with E-state index in [2.05, 4.69) is 0 Å². The van der Waals surface area contributed by atoms with Crippen molar-refractivity contribution in [3.8, 4) is 0 Å². The number of hydrogen-bond acceptors (Lipinski definition) is 3. The van der Waals surface area contributed by atoms with Gasteiger partial charge in [0.15, 0.2) is 5.60 Å². The summed E-state index contributed by atoms with van der Waals surface area (Å²) in [6.07, 6.45) is 0.0264. The van der Waals surface area contributed by atoms with Crippen LogP contribution in [0.2, 0.25) is 0 Å². The number of nitrogens with zero attached hydrogens (tertiary/aromatic N) is 1. The summed E-state index contributed by atoms with van der Waals surface area (Å²) in [5.41, 5.74) is -1.01. The molecule has 0 aliphatic carbocycles. The van der Waals surface area contributed by atoms with E-state index >= 15 is 0 Å². The molecule has 1 aliphatic heterocycles. The number of hydrogen-bond donors (Lipinski definition) is 0. The molecule has 1 saturated heterocycles. The average molecular weight is 206 g/mol. The minimum absolute atomic E-state index is 0.289. The number of imide groups is 1. The smallest absolute Gasteiger partial charge is 0.417 e. The summed E-state index contributed by atoms with van der Waals surface area (Å²) >= 11 is 5.46. The third-order valence-electron chi connectivity index (χ3n) is 1.84. The molecule has 1 aliphatic rings. The normalized spacial score (nSPS) is 20.7. The molecule has 0 aromatic carbocycles. The van der Waals surface area contributed by atoms with Crippen molar-refractivity contribution in [1.29, 1.82) is 0 Å². The van der Waals surface area contributed by atoms with Crippen LogP contribution in [0.15, 0.2) is 0 Å². The van der Waals surface area contributed by atoms with Crippen LogP contribution in [-0.4, -0.2) is 34.9 Å². The Hall–Kier alpha value is -0.770. The van der Waals surface area contributed by atoms with Gasteiger partial charge in [0.25, 0.3) is 5.91 Å². The van der Waals surface area contributed by atoms with Crippen molar-refractivity contribution in [2.24, 2.45) is 0 Å². The zero-order valence-corrected chi connectivity index (χ0v) is 8.43. The second-order valence-corrected chi connectivity index (χ2v) is 3.76. The molecule has 1 rings (SSSR count). The molecule has 1 heterocycles. The van der Waals surface area contributed by atoms with Gasteiger partial charge in [-0.1, -0.05) is 0 Å². The van der Waals surface area contributed by atoms with Gasteiger partial charge in [0.05, 0.1) is 0 Å². The van der Waals surface area contributed by atoms with E-state index in [0.29, 0.717) is 18.8 Å². The first-order chi connectivity index (χ1) is 5.99. The maximum Gasteiger partial charge on any atom is 0.417 e. The van der Waals surface area contributed by atoms with E-state index in [4.69, 9.17) is 16.3 Å². The van der Waals surface area contributed by atoms with Crippen molar-refractivity contribution in [3.63, 3.8) is 0 Å². The Morgan fingerprint density at radius 2 is 2.08 bits per heavy atom. The molecule has 0 atom stereocenters.